The maximum atomic E-state index is 3.64. The van der Waals surface area contributed by atoms with Gasteiger partial charge in [0, 0.05) is 4.48 Å². The lowest BCUT2D eigenvalue weighted by atomic mass is 10.3. The summed E-state index contributed by atoms with van der Waals surface area (Å²) in [4.78, 5) is 0. The minimum Gasteiger partial charge on any atom is -0.0988 e. The summed E-state index contributed by atoms with van der Waals surface area (Å²) < 4.78 is 0.884. The summed E-state index contributed by atoms with van der Waals surface area (Å²) in [6.07, 6.45) is 3.69. The molecule has 0 aliphatic heterocycles. The molecule has 0 aromatic rings. The third-order valence-electron chi connectivity index (χ3n) is 0.706. The van der Waals surface area contributed by atoms with Crippen LogP contribution in [0.5, 0.6) is 0 Å². The molecule has 0 aromatic heterocycles. The van der Waals surface area contributed by atoms with Gasteiger partial charge in [-0.25, -0.2) is 0 Å². The van der Waals surface area contributed by atoms with E-state index in [0.717, 1.165) is 10.1 Å². The number of halogens is 1. The smallest absolute Gasteiger partial charge is 0.0106 e. The molecule has 0 heterocycles. The Labute approximate surface area is 58.7 Å². The van der Waals surface area contributed by atoms with Crippen molar-refractivity contribution in [2.24, 2.45) is 0 Å². The van der Waals surface area contributed by atoms with Crippen molar-refractivity contribution in [3.05, 3.63) is 35.4 Å². The van der Waals surface area contributed by atoms with Gasteiger partial charge in [0.05, 0.1) is 0 Å². The van der Waals surface area contributed by atoms with Crippen molar-refractivity contribution in [2.45, 2.75) is 6.92 Å². The highest BCUT2D eigenvalue weighted by Crippen LogP contribution is 2.06. The Balaban J connectivity index is 3.94. The van der Waals surface area contributed by atoms with Gasteiger partial charge in [-0.15, -0.1) is 0 Å². The van der Waals surface area contributed by atoms with Gasteiger partial charge in [-0.05, 0) is 13.0 Å². The van der Waals surface area contributed by atoms with Gasteiger partial charge in [-0.1, -0.05) is 40.7 Å². The van der Waals surface area contributed by atoms with Gasteiger partial charge in [0.25, 0.3) is 0 Å². The maximum Gasteiger partial charge on any atom is 0.0106 e. The van der Waals surface area contributed by atoms with Gasteiger partial charge in [0.1, 0.15) is 0 Å². The molecule has 0 aliphatic rings. The van der Waals surface area contributed by atoms with E-state index in [-0.39, 0.29) is 0 Å². The average molecular weight is 173 g/mol. The predicted molar refractivity (Wildman–Crippen MR) is 42.0 cm³/mol. The molecule has 0 bridgehead atoms. The molecular weight excluding hydrogens is 164 g/mol. The third kappa shape index (κ3) is 3.88. The van der Waals surface area contributed by atoms with Gasteiger partial charge >= 0.3 is 0 Å². The van der Waals surface area contributed by atoms with Crippen molar-refractivity contribution in [3.8, 4) is 0 Å². The predicted octanol–water partition coefficient (Wildman–Crippen LogP) is 3.03. The van der Waals surface area contributed by atoms with E-state index in [4.69, 9.17) is 0 Å². The number of rotatable bonds is 2. The lowest BCUT2D eigenvalue weighted by Gasteiger charge is -1.86. The lowest BCUT2D eigenvalue weighted by Crippen LogP contribution is -1.63. The summed E-state index contributed by atoms with van der Waals surface area (Å²) in [6, 6.07) is 0. The molecule has 0 spiro atoms. The van der Waals surface area contributed by atoms with E-state index in [1.54, 1.807) is 6.08 Å². The summed E-state index contributed by atoms with van der Waals surface area (Å²) >= 11 is 3.20. The van der Waals surface area contributed by atoms with E-state index in [1.807, 2.05) is 13.0 Å². The Bertz CT molecular complexity index is 131. The Morgan fingerprint density at radius 3 is 2.25 bits per heavy atom. The molecule has 0 amide bonds. The molecule has 0 unspecified atom stereocenters. The Morgan fingerprint density at radius 1 is 1.62 bits per heavy atom. The second-order valence-corrected chi connectivity index (χ2v) is 2.56. The van der Waals surface area contributed by atoms with Gasteiger partial charge in [-0.3, -0.25) is 0 Å². The van der Waals surface area contributed by atoms with E-state index in [1.165, 1.54) is 0 Å². The van der Waals surface area contributed by atoms with Crippen LogP contribution in [0.1, 0.15) is 6.92 Å². The Kier molecular flexibility index (Phi) is 3.53. The van der Waals surface area contributed by atoms with Gasteiger partial charge in [-0.2, -0.15) is 0 Å². The van der Waals surface area contributed by atoms with Crippen LogP contribution >= 0.6 is 15.9 Å². The summed E-state index contributed by atoms with van der Waals surface area (Å²) in [5, 5.41) is 0. The highest BCUT2D eigenvalue weighted by molar-refractivity contribution is 9.11. The largest absolute Gasteiger partial charge is 0.0988 e. The van der Waals surface area contributed by atoms with Gasteiger partial charge in [0.15, 0.2) is 0 Å². The number of allylic oxidation sites excluding steroid dienone is 4. The molecule has 0 saturated heterocycles. The van der Waals surface area contributed by atoms with Crippen molar-refractivity contribution in [2.75, 3.05) is 0 Å². The topological polar surface area (TPSA) is 0 Å². The quantitative estimate of drug-likeness (QED) is 0.563. The fraction of sp³-hybridized carbons (Fsp3) is 0.143. The van der Waals surface area contributed by atoms with Crippen LogP contribution < -0.4 is 0 Å². The molecular formula is C7H9Br. The summed E-state index contributed by atoms with van der Waals surface area (Å²) in [7, 11) is 0. The second kappa shape index (κ2) is 3.67. The first-order valence-electron chi connectivity index (χ1n) is 2.32. The van der Waals surface area contributed by atoms with E-state index in [2.05, 4.69) is 29.1 Å². The Morgan fingerprint density at radius 2 is 2.12 bits per heavy atom. The molecule has 0 rings (SSSR count). The fourth-order valence-electron chi connectivity index (χ4n) is 0.306. The minimum absolute atomic E-state index is 0.884. The maximum absolute atomic E-state index is 3.64. The van der Waals surface area contributed by atoms with Crippen molar-refractivity contribution >= 4 is 15.9 Å². The first-order chi connectivity index (χ1) is 3.66. The molecule has 0 atom stereocenters. The zero-order chi connectivity index (χ0) is 6.57. The van der Waals surface area contributed by atoms with Gasteiger partial charge in [0.2, 0.25) is 0 Å². The van der Waals surface area contributed by atoms with Crippen molar-refractivity contribution in [1.29, 1.82) is 0 Å². The number of hydrogen-bond acceptors (Lipinski definition) is 0. The van der Waals surface area contributed by atoms with Crippen LogP contribution in [-0.2, 0) is 0 Å². The fourth-order valence-corrected chi connectivity index (χ4v) is 0.667. The van der Waals surface area contributed by atoms with Crippen molar-refractivity contribution in [1.82, 2.24) is 0 Å². The molecule has 44 valence electrons. The van der Waals surface area contributed by atoms with Gasteiger partial charge < -0.3 is 0 Å². The normalized spacial score (nSPS) is 11.0. The van der Waals surface area contributed by atoms with Crippen molar-refractivity contribution < 1.29 is 0 Å². The average Bonchev–Trinajstić information content (AvgIpc) is 1.65. The van der Waals surface area contributed by atoms with E-state index in [0.29, 0.717) is 0 Å². The standard InChI is InChI=1S/C7H9Br/c1-4-6(2)5-7(3)8/h4-5H,1,3H2,2H3/b6-5-. The SMILES string of the molecule is C=C/C(C)=C\C(=C)Br. The number of hydrogen-bond donors (Lipinski definition) is 0. The van der Waals surface area contributed by atoms with Crippen molar-refractivity contribution in [3.63, 3.8) is 0 Å². The lowest BCUT2D eigenvalue weighted by molar-refractivity contribution is 1.53. The zero-order valence-corrected chi connectivity index (χ0v) is 6.53. The van der Waals surface area contributed by atoms with E-state index < -0.39 is 0 Å². The van der Waals surface area contributed by atoms with E-state index in [9.17, 15) is 0 Å². The zero-order valence-electron chi connectivity index (χ0n) is 4.95. The summed E-state index contributed by atoms with van der Waals surface area (Å²) in [5.74, 6) is 0. The van der Waals surface area contributed by atoms with E-state index >= 15 is 0 Å². The molecule has 8 heavy (non-hydrogen) atoms. The highest BCUT2D eigenvalue weighted by atomic mass is 79.9. The van der Waals surface area contributed by atoms with Crippen LogP contribution in [0, 0.1) is 0 Å². The summed E-state index contributed by atoms with van der Waals surface area (Å²) in [6.45, 7) is 9.19. The molecule has 0 saturated carbocycles. The molecule has 1 heteroatoms. The first kappa shape index (κ1) is 7.70. The molecule has 0 N–H and O–H groups in total. The highest BCUT2D eigenvalue weighted by Gasteiger charge is 1.78. The Hall–Kier alpha value is -0.300. The molecule has 0 fully saturated rings. The minimum atomic E-state index is 0.884. The monoisotopic (exact) mass is 172 g/mol. The van der Waals surface area contributed by atoms with Crippen LogP contribution in [0.4, 0.5) is 0 Å². The van der Waals surface area contributed by atoms with Crippen LogP contribution in [0.15, 0.2) is 35.4 Å². The first-order valence-corrected chi connectivity index (χ1v) is 3.11. The molecule has 0 aromatic carbocycles. The molecule has 0 nitrogen and oxygen atoms in total. The van der Waals surface area contributed by atoms with Crippen LogP contribution in [0.2, 0.25) is 0 Å². The van der Waals surface area contributed by atoms with Crippen LogP contribution in [-0.4, -0.2) is 0 Å². The summed E-state index contributed by atoms with van der Waals surface area (Å²) in [5.41, 5.74) is 1.12. The van der Waals surface area contributed by atoms with Crippen LogP contribution in [0.25, 0.3) is 0 Å². The molecule has 0 radical (unpaired) electrons. The molecule has 0 aliphatic carbocycles. The van der Waals surface area contributed by atoms with Crippen LogP contribution in [0.3, 0.4) is 0 Å². The second-order valence-electron chi connectivity index (χ2n) is 1.54. The third-order valence-corrected chi connectivity index (χ3v) is 0.935.